The minimum Gasteiger partial charge on any atom is -0.378 e. The van der Waals surface area contributed by atoms with Crippen molar-refractivity contribution in [3.8, 4) is 0 Å². The lowest BCUT2D eigenvalue weighted by atomic mass is 10.1. The van der Waals surface area contributed by atoms with Gasteiger partial charge in [0.05, 0.1) is 13.2 Å². The molecular weight excluding hydrogens is 376 g/mol. The lowest BCUT2D eigenvalue weighted by molar-refractivity contribution is 0.0738. The van der Waals surface area contributed by atoms with Gasteiger partial charge in [-0.15, -0.1) is 10.2 Å². The number of carbonyl (C=O) groups excluding carboxylic acids is 1. The zero-order chi connectivity index (χ0) is 20.6. The van der Waals surface area contributed by atoms with E-state index in [2.05, 4.69) is 27.2 Å². The van der Waals surface area contributed by atoms with Crippen LogP contribution in [0.3, 0.4) is 0 Å². The largest absolute Gasteiger partial charge is 0.378 e. The number of aromatic nitrogens is 2. The van der Waals surface area contributed by atoms with Crippen LogP contribution in [0.5, 0.6) is 0 Å². The number of hydrogen-bond acceptors (Lipinski definition) is 5. The molecule has 2 aromatic carbocycles. The first kappa shape index (κ1) is 20.0. The summed E-state index contributed by atoms with van der Waals surface area (Å²) in [6.45, 7) is 4.11. The number of hydrogen-bond donors (Lipinski definition) is 0. The van der Waals surface area contributed by atoms with Gasteiger partial charge in [0.2, 0.25) is 0 Å². The number of benzene rings is 2. The van der Waals surface area contributed by atoms with E-state index >= 15 is 0 Å². The van der Waals surface area contributed by atoms with Crippen molar-refractivity contribution in [1.82, 2.24) is 15.1 Å². The molecule has 154 valence electrons. The molecule has 0 spiro atoms. The van der Waals surface area contributed by atoms with Crippen molar-refractivity contribution in [3.05, 3.63) is 89.6 Å². The molecule has 1 saturated heterocycles. The molecule has 2 heterocycles. The molecule has 6 heteroatoms. The summed E-state index contributed by atoms with van der Waals surface area (Å²) < 4.78 is 5.38. The quantitative estimate of drug-likeness (QED) is 0.607. The number of anilines is 1. The molecule has 30 heavy (non-hydrogen) atoms. The zero-order valence-corrected chi connectivity index (χ0v) is 17.0. The van der Waals surface area contributed by atoms with Crippen LogP contribution in [0.1, 0.15) is 21.6 Å². The second kappa shape index (κ2) is 9.98. The molecule has 0 radical (unpaired) electrons. The third-order valence-electron chi connectivity index (χ3n) is 5.22. The van der Waals surface area contributed by atoms with E-state index in [9.17, 15) is 4.79 Å². The fraction of sp³-hybridized carbons (Fsp3) is 0.292. The average molecular weight is 402 g/mol. The van der Waals surface area contributed by atoms with Crippen molar-refractivity contribution in [3.63, 3.8) is 0 Å². The third kappa shape index (κ3) is 5.21. The van der Waals surface area contributed by atoms with E-state index in [1.165, 1.54) is 5.56 Å². The van der Waals surface area contributed by atoms with Crippen LogP contribution in [0.2, 0.25) is 0 Å². The highest BCUT2D eigenvalue weighted by Crippen LogP contribution is 2.14. The number of ether oxygens (including phenoxy) is 1. The van der Waals surface area contributed by atoms with Gasteiger partial charge in [-0.05, 0) is 29.7 Å². The monoisotopic (exact) mass is 402 g/mol. The van der Waals surface area contributed by atoms with Gasteiger partial charge >= 0.3 is 0 Å². The summed E-state index contributed by atoms with van der Waals surface area (Å²) in [4.78, 5) is 17.2. The topological polar surface area (TPSA) is 58.6 Å². The third-order valence-corrected chi connectivity index (χ3v) is 5.22. The van der Waals surface area contributed by atoms with E-state index in [1.54, 1.807) is 6.07 Å². The van der Waals surface area contributed by atoms with Gasteiger partial charge in [-0.2, -0.15) is 0 Å². The van der Waals surface area contributed by atoms with E-state index in [-0.39, 0.29) is 5.91 Å². The summed E-state index contributed by atoms with van der Waals surface area (Å²) in [5.41, 5.74) is 2.67. The van der Waals surface area contributed by atoms with Crippen LogP contribution in [0, 0.1) is 0 Å². The molecule has 1 fully saturated rings. The summed E-state index contributed by atoms with van der Waals surface area (Å²) in [5.74, 6) is 0.685. The predicted molar refractivity (Wildman–Crippen MR) is 116 cm³/mol. The Morgan fingerprint density at radius 3 is 2.17 bits per heavy atom. The van der Waals surface area contributed by atoms with Crippen LogP contribution < -0.4 is 4.90 Å². The molecule has 3 aromatic rings. The second-order valence-electron chi connectivity index (χ2n) is 7.32. The minimum atomic E-state index is -0.101. The van der Waals surface area contributed by atoms with Crippen molar-refractivity contribution >= 4 is 11.7 Å². The van der Waals surface area contributed by atoms with Crippen molar-refractivity contribution in [2.24, 2.45) is 0 Å². The fourth-order valence-electron chi connectivity index (χ4n) is 3.53. The zero-order valence-electron chi connectivity index (χ0n) is 17.0. The average Bonchev–Trinajstić information content (AvgIpc) is 2.83. The number of morpholine rings is 1. The Kier molecular flexibility index (Phi) is 6.67. The Bertz CT molecular complexity index is 926. The van der Waals surface area contributed by atoms with E-state index in [0.29, 0.717) is 32.0 Å². The normalized spacial score (nSPS) is 13.8. The smallest absolute Gasteiger partial charge is 0.274 e. The summed E-state index contributed by atoms with van der Waals surface area (Å²) in [7, 11) is 0. The molecule has 6 nitrogen and oxygen atoms in total. The first-order valence-electron chi connectivity index (χ1n) is 10.3. The van der Waals surface area contributed by atoms with E-state index in [1.807, 2.05) is 59.5 Å². The molecule has 1 amide bonds. The molecule has 1 aromatic heterocycles. The molecule has 1 aliphatic rings. The maximum Gasteiger partial charge on any atom is 0.274 e. The maximum atomic E-state index is 13.2. The molecular formula is C24H26N4O2. The lowest BCUT2D eigenvalue weighted by Gasteiger charge is -2.27. The van der Waals surface area contributed by atoms with Crippen LogP contribution >= 0.6 is 0 Å². The van der Waals surface area contributed by atoms with Crippen molar-refractivity contribution in [2.75, 3.05) is 37.7 Å². The Hall–Kier alpha value is -3.25. The van der Waals surface area contributed by atoms with E-state index < -0.39 is 0 Å². The second-order valence-corrected chi connectivity index (χ2v) is 7.32. The van der Waals surface area contributed by atoms with Crippen LogP contribution in [0.15, 0.2) is 72.8 Å². The summed E-state index contributed by atoms with van der Waals surface area (Å²) in [6, 6.07) is 23.9. The van der Waals surface area contributed by atoms with E-state index in [0.717, 1.165) is 30.9 Å². The summed E-state index contributed by atoms with van der Waals surface area (Å²) in [6.07, 6.45) is 0.790. The van der Waals surface area contributed by atoms with Crippen LogP contribution in [-0.2, 0) is 17.7 Å². The molecule has 0 aliphatic carbocycles. The molecule has 0 atom stereocenters. The minimum absolute atomic E-state index is 0.101. The summed E-state index contributed by atoms with van der Waals surface area (Å²) in [5, 5.41) is 8.55. The highest BCUT2D eigenvalue weighted by Gasteiger charge is 2.19. The van der Waals surface area contributed by atoms with Gasteiger partial charge in [0.25, 0.3) is 5.91 Å². The predicted octanol–water partition coefficient (Wildman–Crippen LogP) is 3.20. The highest BCUT2D eigenvalue weighted by molar-refractivity contribution is 5.92. The molecule has 1 aliphatic heterocycles. The molecule has 4 rings (SSSR count). The number of nitrogens with zero attached hydrogens (tertiary/aromatic N) is 4. The number of rotatable bonds is 7. The lowest BCUT2D eigenvalue weighted by Crippen LogP contribution is -2.37. The molecule has 0 bridgehead atoms. The van der Waals surface area contributed by atoms with Gasteiger partial charge in [0.1, 0.15) is 0 Å². The van der Waals surface area contributed by atoms with Crippen LogP contribution in [0.4, 0.5) is 5.82 Å². The summed E-state index contributed by atoms with van der Waals surface area (Å²) >= 11 is 0. The first-order chi connectivity index (χ1) is 14.8. The van der Waals surface area contributed by atoms with E-state index in [4.69, 9.17) is 4.74 Å². The molecule has 0 N–H and O–H groups in total. The Balaban J connectivity index is 1.48. The fourth-order valence-corrected chi connectivity index (χ4v) is 3.53. The molecule has 0 saturated carbocycles. The number of carbonyl (C=O) groups is 1. The highest BCUT2D eigenvalue weighted by atomic mass is 16.5. The van der Waals surface area contributed by atoms with Crippen LogP contribution in [-0.4, -0.2) is 53.9 Å². The van der Waals surface area contributed by atoms with Gasteiger partial charge in [0, 0.05) is 26.2 Å². The van der Waals surface area contributed by atoms with Crippen molar-refractivity contribution < 1.29 is 9.53 Å². The van der Waals surface area contributed by atoms with Crippen molar-refractivity contribution in [2.45, 2.75) is 13.0 Å². The van der Waals surface area contributed by atoms with Gasteiger partial charge in [-0.3, -0.25) is 4.79 Å². The SMILES string of the molecule is O=C(c1ccc(N2CCOCC2)nn1)N(CCc1ccccc1)Cc1ccccc1. The van der Waals surface area contributed by atoms with Crippen LogP contribution in [0.25, 0.3) is 0 Å². The van der Waals surface area contributed by atoms with Crippen molar-refractivity contribution in [1.29, 1.82) is 0 Å². The van der Waals surface area contributed by atoms with Gasteiger partial charge in [0.15, 0.2) is 11.5 Å². The maximum absolute atomic E-state index is 13.2. The Morgan fingerprint density at radius 2 is 1.53 bits per heavy atom. The Labute approximate surface area is 177 Å². The van der Waals surface area contributed by atoms with Gasteiger partial charge < -0.3 is 14.5 Å². The molecule has 0 unspecified atom stereocenters. The first-order valence-corrected chi connectivity index (χ1v) is 10.3. The van der Waals surface area contributed by atoms with Gasteiger partial charge in [-0.1, -0.05) is 60.7 Å². The number of amides is 1. The van der Waals surface area contributed by atoms with Gasteiger partial charge in [-0.25, -0.2) is 0 Å². The Morgan fingerprint density at radius 1 is 0.867 bits per heavy atom. The standard InChI is InChI=1S/C24H26N4O2/c29-24(22-11-12-23(26-25-22)27-15-17-30-18-16-27)28(19-21-9-5-2-6-10-21)14-13-20-7-3-1-4-8-20/h1-12H,13-19H2.